The van der Waals surface area contributed by atoms with Gasteiger partial charge in [-0.2, -0.15) is 8.42 Å². The van der Waals surface area contributed by atoms with Crippen LogP contribution in [-0.4, -0.2) is 57.0 Å². The van der Waals surface area contributed by atoms with Gasteiger partial charge in [-0.3, -0.25) is 8.98 Å². The standard InChI is InChI=1S/C26H33N5O5S/c1-3-18(15-31-11-10-20-6-8-22(35-2)13-24(20)31)5-9-25(32)23-14-28-17-29-26(23)30-21-7-4-19(12-21)16-36-37(27,33)34/h3,5-6,8-9,13-14,17,19,21H,4,7,10-12,15-16H2,1-2H3,(H2,27,33,34)(H,28,29,30)/b9-5+,18-3-/t19-,21?/m1/s1. The first-order valence-corrected chi connectivity index (χ1v) is 13.8. The molecule has 11 heteroatoms. The van der Waals surface area contributed by atoms with E-state index in [0.29, 0.717) is 24.3 Å². The second-order valence-electron chi connectivity index (χ2n) is 9.31. The summed E-state index contributed by atoms with van der Waals surface area (Å²) in [5.41, 5.74) is 3.85. The maximum Gasteiger partial charge on any atom is 0.333 e. The summed E-state index contributed by atoms with van der Waals surface area (Å²) in [4.78, 5) is 23.7. The van der Waals surface area contributed by atoms with Gasteiger partial charge in [0, 0.05) is 37.1 Å². The van der Waals surface area contributed by atoms with Gasteiger partial charge in [-0.1, -0.05) is 18.2 Å². The number of hydrogen-bond donors (Lipinski definition) is 2. The number of anilines is 2. The van der Waals surface area contributed by atoms with Gasteiger partial charge in [-0.25, -0.2) is 15.1 Å². The monoisotopic (exact) mass is 527 g/mol. The Morgan fingerprint density at radius 3 is 2.89 bits per heavy atom. The zero-order valence-electron chi connectivity index (χ0n) is 21.1. The number of fused-ring (bicyclic) bond motifs is 1. The molecule has 2 aliphatic rings. The van der Waals surface area contributed by atoms with E-state index >= 15 is 0 Å². The molecule has 0 amide bonds. The van der Waals surface area contributed by atoms with Crippen LogP contribution in [0.4, 0.5) is 11.5 Å². The molecule has 2 aromatic rings. The fraction of sp³-hybridized carbons (Fsp3) is 0.423. The van der Waals surface area contributed by atoms with Crippen molar-refractivity contribution in [3.05, 3.63) is 65.7 Å². The van der Waals surface area contributed by atoms with Crippen LogP contribution in [0.2, 0.25) is 0 Å². The molecule has 37 heavy (non-hydrogen) atoms. The molecule has 1 aromatic carbocycles. The smallest absolute Gasteiger partial charge is 0.333 e. The minimum absolute atomic E-state index is 0.0397. The lowest BCUT2D eigenvalue weighted by molar-refractivity contribution is 0.104. The molecule has 4 rings (SSSR count). The molecule has 1 aliphatic carbocycles. The maximum absolute atomic E-state index is 13.1. The molecule has 2 atom stereocenters. The fourth-order valence-corrected chi connectivity index (χ4v) is 5.20. The molecular formula is C26H33N5O5S. The van der Waals surface area contributed by atoms with Crippen LogP contribution < -0.4 is 20.1 Å². The summed E-state index contributed by atoms with van der Waals surface area (Å²) in [6.45, 7) is 3.60. The van der Waals surface area contributed by atoms with Crippen LogP contribution in [0.25, 0.3) is 0 Å². The minimum atomic E-state index is -3.95. The molecular weight excluding hydrogens is 494 g/mol. The average Bonchev–Trinajstić information content (AvgIpc) is 3.51. The Bertz CT molecular complexity index is 1290. The Hall–Kier alpha value is -3.28. The minimum Gasteiger partial charge on any atom is -0.497 e. The zero-order valence-corrected chi connectivity index (χ0v) is 21.9. The Labute approximate surface area is 217 Å². The van der Waals surface area contributed by atoms with Crippen LogP contribution in [0.3, 0.4) is 0 Å². The van der Waals surface area contributed by atoms with Gasteiger partial charge in [0.25, 0.3) is 0 Å². The number of hydrogen-bond acceptors (Lipinski definition) is 9. The van der Waals surface area contributed by atoms with Crippen molar-refractivity contribution in [1.82, 2.24) is 9.97 Å². The predicted octanol–water partition coefficient (Wildman–Crippen LogP) is 3.03. The first kappa shape index (κ1) is 26.8. The lowest BCUT2D eigenvalue weighted by atomic mass is 10.1. The highest BCUT2D eigenvalue weighted by atomic mass is 32.2. The van der Waals surface area contributed by atoms with Crippen molar-refractivity contribution < 1.29 is 22.1 Å². The second kappa shape index (κ2) is 11.8. The highest BCUT2D eigenvalue weighted by Crippen LogP contribution is 2.32. The molecule has 1 aliphatic heterocycles. The van der Waals surface area contributed by atoms with Gasteiger partial charge in [0.15, 0.2) is 5.78 Å². The molecule has 2 heterocycles. The molecule has 1 saturated carbocycles. The summed E-state index contributed by atoms with van der Waals surface area (Å²) in [5, 5.41) is 8.25. The van der Waals surface area contributed by atoms with Crippen molar-refractivity contribution in [1.29, 1.82) is 0 Å². The second-order valence-corrected chi connectivity index (χ2v) is 10.5. The lowest BCUT2D eigenvalue weighted by Crippen LogP contribution is -2.23. The molecule has 3 N–H and O–H groups in total. The number of nitrogens with zero attached hydrogens (tertiary/aromatic N) is 3. The number of carbonyl (C=O) groups is 1. The van der Waals surface area contributed by atoms with Gasteiger partial charge in [0.2, 0.25) is 0 Å². The summed E-state index contributed by atoms with van der Waals surface area (Å²) >= 11 is 0. The number of methoxy groups -OCH3 is 1. The molecule has 1 fully saturated rings. The third kappa shape index (κ3) is 7.15. The average molecular weight is 528 g/mol. The number of aromatic nitrogens is 2. The van der Waals surface area contributed by atoms with E-state index in [2.05, 4.69) is 32.3 Å². The maximum atomic E-state index is 13.1. The first-order valence-electron chi connectivity index (χ1n) is 12.3. The molecule has 0 bridgehead atoms. The highest BCUT2D eigenvalue weighted by Gasteiger charge is 2.27. The number of ketones is 1. The molecule has 1 aromatic heterocycles. The molecule has 0 radical (unpaired) electrons. The van der Waals surface area contributed by atoms with Crippen molar-refractivity contribution >= 4 is 27.6 Å². The van der Waals surface area contributed by atoms with Gasteiger partial charge in [-0.15, -0.1) is 0 Å². The number of benzene rings is 1. The van der Waals surface area contributed by atoms with Crippen LogP contribution in [-0.2, 0) is 20.9 Å². The lowest BCUT2D eigenvalue weighted by Gasteiger charge is -2.20. The summed E-state index contributed by atoms with van der Waals surface area (Å²) < 4.78 is 32.2. The van der Waals surface area contributed by atoms with Gasteiger partial charge in [-0.05, 0) is 61.8 Å². The van der Waals surface area contributed by atoms with Gasteiger partial charge >= 0.3 is 10.3 Å². The van der Waals surface area contributed by atoms with E-state index in [1.807, 2.05) is 25.1 Å². The van der Waals surface area contributed by atoms with Crippen LogP contribution >= 0.6 is 0 Å². The Balaban J connectivity index is 1.38. The SMILES string of the molecule is C/C=C(/C=C/C(=O)c1cncnc1NC1CC[C@@H](COS(N)(=O)=O)C1)CN1CCc2ccc(OC)cc21. The normalized spacial score (nSPS) is 19.9. The number of ether oxygens (including phenoxy) is 1. The van der Waals surface area contributed by atoms with Crippen molar-refractivity contribution in [2.24, 2.45) is 11.1 Å². The van der Waals surface area contributed by atoms with E-state index in [-0.39, 0.29) is 24.3 Å². The number of allylic oxidation sites excluding steroid dienone is 2. The van der Waals surface area contributed by atoms with E-state index < -0.39 is 10.3 Å². The van der Waals surface area contributed by atoms with Crippen molar-refractivity contribution in [2.75, 3.05) is 37.0 Å². The van der Waals surface area contributed by atoms with Crippen LogP contribution in [0.1, 0.15) is 42.1 Å². The summed E-state index contributed by atoms with van der Waals surface area (Å²) in [5.74, 6) is 1.15. The van der Waals surface area contributed by atoms with E-state index in [0.717, 1.165) is 42.8 Å². The van der Waals surface area contributed by atoms with E-state index in [1.165, 1.54) is 18.1 Å². The largest absolute Gasteiger partial charge is 0.497 e. The molecule has 198 valence electrons. The molecule has 10 nitrogen and oxygen atoms in total. The van der Waals surface area contributed by atoms with Crippen molar-refractivity contribution in [3.63, 3.8) is 0 Å². The quantitative estimate of drug-likeness (QED) is 0.257. The van der Waals surface area contributed by atoms with Crippen molar-refractivity contribution in [3.8, 4) is 5.75 Å². The molecule has 0 saturated heterocycles. The van der Waals surface area contributed by atoms with Gasteiger partial charge < -0.3 is 15.0 Å². The first-order chi connectivity index (χ1) is 17.8. The van der Waals surface area contributed by atoms with E-state index in [1.54, 1.807) is 13.2 Å². The number of carbonyl (C=O) groups excluding carboxylic acids is 1. The van der Waals surface area contributed by atoms with Crippen LogP contribution in [0.15, 0.2) is 54.5 Å². The van der Waals surface area contributed by atoms with Gasteiger partial charge in [0.1, 0.15) is 17.9 Å². The highest BCUT2D eigenvalue weighted by molar-refractivity contribution is 7.84. The van der Waals surface area contributed by atoms with E-state index in [9.17, 15) is 13.2 Å². The number of nitrogens with two attached hydrogens (primary N) is 1. The summed E-state index contributed by atoms with van der Waals surface area (Å²) in [6, 6.07) is 6.18. The summed E-state index contributed by atoms with van der Waals surface area (Å²) in [6.07, 6.45) is 11.6. The fourth-order valence-electron chi connectivity index (χ4n) is 4.82. The zero-order chi connectivity index (χ0) is 26.4. The third-order valence-corrected chi connectivity index (χ3v) is 7.27. The number of rotatable bonds is 11. The Morgan fingerprint density at radius 2 is 2.14 bits per heavy atom. The molecule has 1 unspecified atom stereocenters. The van der Waals surface area contributed by atoms with E-state index in [4.69, 9.17) is 14.1 Å². The van der Waals surface area contributed by atoms with Crippen molar-refractivity contribution in [2.45, 2.75) is 38.6 Å². The topological polar surface area (TPSA) is 137 Å². The third-order valence-electron chi connectivity index (χ3n) is 6.81. The number of nitrogens with one attached hydrogen (secondary N) is 1. The molecule has 0 spiro atoms. The van der Waals surface area contributed by atoms with Crippen LogP contribution in [0.5, 0.6) is 5.75 Å². The Kier molecular flexibility index (Phi) is 8.57. The van der Waals surface area contributed by atoms with Gasteiger partial charge in [0.05, 0.1) is 19.3 Å². The Morgan fingerprint density at radius 1 is 1.30 bits per heavy atom. The predicted molar refractivity (Wildman–Crippen MR) is 142 cm³/mol. The summed E-state index contributed by atoms with van der Waals surface area (Å²) in [7, 11) is -2.29. The van der Waals surface area contributed by atoms with Crippen LogP contribution in [0, 0.1) is 5.92 Å².